The maximum atomic E-state index is 13.4. The van der Waals surface area contributed by atoms with Crippen molar-refractivity contribution in [3.05, 3.63) is 35.4 Å². The highest BCUT2D eigenvalue weighted by Gasteiger charge is 2.73. The molecule has 6 heteroatoms. The molecule has 1 saturated heterocycles. The van der Waals surface area contributed by atoms with Crippen molar-refractivity contribution in [2.24, 2.45) is 11.3 Å². The van der Waals surface area contributed by atoms with E-state index in [1.807, 2.05) is 25.1 Å². The van der Waals surface area contributed by atoms with Gasteiger partial charge >= 0.3 is 11.9 Å². The Bertz CT molecular complexity index is 812. The normalized spacial score (nSPS) is 32.6. The van der Waals surface area contributed by atoms with Crippen LogP contribution in [0, 0.1) is 11.3 Å². The second kappa shape index (κ2) is 5.89. The van der Waals surface area contributed by atoms with Gasteiger partial charge in [0.2, 0.25) is 0 Å². The van der Waals surface area contributed by atoms with Crippen molar-refractivity contribution in [1.29, 1.82) is 0 Å². The minimum atomic E-state index is -1.49. The Morgan fingerprint density at radius 2 is 1.74 bits per heavy atom. The Labute approximate surface area is 158 Å². The third-order valence-electron chi connectivity index (χ3n) is 6.32. The minimum Gasteiger partial charge on any atom is -0.465 e. The fourth-order valence-corrected chi connectivity index (χ4v) is 5.30. The van der Waals surface area contributed by atoms with Crippen LogP contribution >= 0.6 is 0 Å². The Morgan fingerprint density at radius 3 is 2.37 bits per heavy atom. The molecule has 2 aliphatic heterocycles. The molecular weight excluding hydrogens is 348 g/mol. The first-order valence-electron chi connectivity index (χ1n) is 9.52. The molecule has 1 aromatic carbocycles. The van der Waals surface area contributed by atoms with Crippen LogP contribution in [0.5, 0.6) is 0 Å². The van der Waals surface area contributed by atoms with Crippen molar-refractivity contribution < 1.29 is 28.6 Å². The summed E-state index contributed by atoms with van der Waals surface area (Å²) in [5.41, 5.74) is -1.75. The van der Waals surface area contributed by atoms with Crippen LogP contribution in [0.15, 0.2) is 24.3 Å². The number of Topliss-reactive ketones (excluding diaryl/α,β-unsaturated/α-hetero) is 1. The Morgan fingerprint density at radius 1 is 1.11 bits per heavy atom. The van der Waals surface area contributed by atoms with E-state index in [2.05, 4.69) is 0 Å². The molecule has 3 aliphatic rings. The molecule has 2 bridgehead atoms. The first-order valence-corrected chi connectivity index (χ1v) is 9.52. The van der Waals surface area contributed by atoms with Gasteiger partial charge in [0.15, 0.2) is 11.2 Å². The topological polar surface area (TPSA) is 78.9 Å². The van der Waals surface area contributed by atoms with Gasteiger partial charge < -0.3 is 14.2 Å². The first-order chi connectivity index (χ1) is 12.8. The van der Waals surface area contributed by atoms with E-state index in [1.54, 1.807) is 19.9 Å². The lowest BCUT2D eigenvalue weighted by molar-refractivity contribution is -0.175. The van der Waals surface area contributed by atoms with E-state index in [0.717, 1.165) is 5.56 Å². The van der Waals surface area contributed by atoms with Gasteiger partial charge in [0.1, 0.15) is 5.60 Å². The lowest BCUT2D eigenvalue weighted by Crippen LogP contribution is -2.50. The van der Waals surface area contributed by atoms with Gasteiger partial charge in [0.25, 0.3) is 0 Å². The number of carbonyl (C=O) groups excluding carboxylic acids is 3. The van der Waals surface area contributed by atoms with E-state index >= 15 is 0 Å². The molecule has 1 spiro atoms. The fourth-order valence-electron chi connectivity index (χ4n) is 5.30. The number of benzene rings is 1. The predicted octanol–water partition coefficient (Wildman–Crippen LogP) is 2.78. The quantitative estimate of drug-likeness (QED) is 0.597. The van der Waals surface area contributed by atoms with Gasteiger partial charge in [-0.15, -0.1) is 0 Å². The monoisotopic (exact) mass is 372 g/mol. The van der Waals surface area contributed by atoms with Crippen molar-refractivity contribution in [2.45, 2.75) is 51.2 Å². The van der Waals surface area contributed by atoms with Gasteiger partial charge in [-0.05, 0) is 39.2 Å². The summed E-state index contributed by atoms with van der Waals surface area (Å²) in [5.74, 6) is -1.63. The summed E-state index contributed by atoms with van der Waals surface area (Å²) in [5, 5.41) is 0. The van der Waals surface area contributed by atoms with Crippen LogP contribution in [-0.4, -0.2) is 36.5 Å². The largest absolute Gasteiger partial charge is 0.465 e. The first kappa shape index (κ1) is 18.2. The molecule has 6 nitrogen and oxygen atoms in total. The second-order valence-electron chi connectivity index (χ2n) is 7.90. The zero-order chi connectivity index (χ0) is 19.4. The molecule has 0 N–H and O–H groups in total. The number of ketones is 1. The molecule has 2 fully saturated rings. The van der Waals surface area contributed by atoms with Crippen molar-refractivity contribution >= 4 is 17.7 Å². The molecule has 3 atom stereocenters. The predicted molar refractivity (Wildman–Crippen MR) is 95.0 cm³/mol. The third kappa shape index (κ3) is 2.25. The van der Waals surface area contributed by atoms with Crippen LogP contribution in [0.3, 0.4) is 0 Å². The highest BCUT2D eigenvalue weighted by molar-refractivity contribution is 6.09. The van der Waals surface area contributed by atoms with Gasteiger partial charge in [0, 0.05) is 17.9 Å². The average Bonchev–Trinajstić information content (AvgIpc) is 3.08. The molecule has 0 amide bonds. The van der Waals surface area contributed by atoms with E-state index in [4.69, 9.17) is 14.2 Å². The van der Waals surface area contributed by atoms with E-state index in [0.29, 0.717) is 12.0 Å². The fraction of sp³-hybridized carbons (Fsp3) is 0.571. The van der Waals surface area contributed by atoms with Crippen molar-refractivity contribution in [3.8, 4) is 0 Å². The lowest BCUT2D eigenvalue weighted by atomic mass is 9.78. The summed E-state index contributed by atoms with van der Waals surface area (Å²) in [6.07, 6.45) is 0.765. The molecule has 2 heterocycles. The minimum absolute atomic E-state index is 0.0227. The van der Waals surface area contributed by atoms with E-state index in [9.17, 15) is 14.4 Å². The summed E-state index contributed by atoms with van der Waals surface area (Å²) in [4.78, 5) is 39.1. The number of fused-ring (bicyclic) bond motifs is 3. The smallest absolute Gasteiger partial charge is 0.323 e. The van der Waals surface area contributed by atoms with Gasteiger partial charge in [0.05, 0.1) is 18.8 Å². The molecule has 0 aromatic heterocycles. The average molecular weight is 372 g/mol. The zero-order valence-corrected chi connectivity index (χ0v) is 15.9. The molecule has 0 radical (unpaired) electrons. The number of carbonyl (C=O) groups is 3. The van der Waals surface area contributed by atoms with Crippen LogP contribution in [0.4, 0.5) is 0 Å². The van der Waals surface area contributed by atoms with Gasteiger partial charge in [-0.1, -0.05) is 24.3 Å². The van der Waals surface area contributed by atoms with Crippen LogP contribution in [-0.2, 0) is 29.4 Å². The molecule has 27 heavy (non-hydrogen) atoms. The summed E-state index contributed by atoms with van der Waals surface area (Å²) < 4.78 is 16.8. The maximum absolute atomic E-state index is 13.4. The number of hydrogen-bond donors (Lipinski definition) is 0. The standard InChI is InChI=1S/C21H24O6/c1-4-25-17(23)20(18(24)26-5-2)11-13-10-19(3)15-9-7-6-8-14(15)16(22)21(13,12-20)27-19/h6-9,13H,4-5,10-12H2,1-3H3/t13-,19-,21+/m0/s1. The highest BCUT2D eigenvalue weighted by atomic mass is 16.6. The van der Waals surface area contributed by atoms with E-state index in [-0.39, 0.29) is 37.8 Å². The van der Waals surface area contributed by atoms with Crippen LogP contribution < -0.4 is 0 Å². The lowest BCUT2D eigenvalue weighted by Gasteiger charge is -2.39. The van der Waals surface area contributed by atoms with Crippen molar-refractivity contribution in [1.82, 2.24) is 0 Å². The van der Waals surface area contributed by atoms with Crippen molar-refractivity contribution in [3.63, 3.8) is 0 Å². The van der Waals surface area contributed by atoms with Gasteiger partial charge in [-0.2, -0.15) is 0 Å². The number of rotatable bonds is 4. The maximum Gasteiger partial charge on any atom is 0.323 e. The van der Waals surface area contributed by atoms with Crippen LogP contribution in [0.1, 0.15) is 56.0 Å². The number of ether oxygens (including phenoxy) is 3. The Hall–Kier alpha value is -2.21. The van der Waals surface area contributed by atoms with Gasteiger partial charge in [-0.3, -0.25) is 14.4 Å². The third-order valence-corrected chi connectivity index (χ3v) is 6.32. The molecule has 144 valence electrons. The van der Waals surface area contributed by atoms with E-state index in [1.165, 1.54) is 0 Å². The summed E-state index contributed by atoms with van der Waals surface area (Å²) in [7, 11) is 0. The number of esters is 2. The Kier molecular flexibility index (Phi) is 3.97. The molecule has 4 rings (SSSR count). The molecular formula is C21H24O6. The highest BCUT2D eigenvalue weighted by Crippen LogP contribution is 2.65. The second-order valence-corrected chi connectivity index (χ2v) is 7.90. The Balaban J connectivity index is 1.80. The summed E-state index contributed by atoms with van der Waals surface area (Å²) in [6.45, 7) is 5.69. The SMILES string of the molecule is CCOC(=O)C1(C(=O)OCC)C[C@@H]2C[C@]3(C)O[C@@]2(C1)C(=O)c1ccccc13. The zero-order valence-electron chi connectivity index (χ0n) is 15.9. The van der Waals surface area contributed by atoms with E-state index < -0.39 is 28.6 Å². The molecule has 1 saturated carbocycles. The summed E-state index contributed by atoms with van der Waals surface area (Å²) >= 11 is 0. The molecule has 1 aliphatic carbocycles. The molecule has 0 unspecified atom stereocenters. The summed E-state index contributed by atoms with van der Waals surface area (Å²) in [6, 6.07) is 7.45. The number of hydrogen-bond acceptors (Lipinski definition) is 6. The van der Waals surface area contributed by atoms with Crippen molar-refractivity contribution in [2.75, 3.05) is 13.2 Å². The van der Waals surface area contributed by atoms with Gasteiger partial charge in [-0.25, -0.2) is 0 Å². The van der Waals surface area contributed by atoms with Crippen LogP contribution in [0.25, 0.3) is 0 Å². The van der Waals surface area contributed by atoms with Crippen LogP contribution in [0.2, 0.25) is 0 Å². The molecule has 1 aromatic rings.